The van der Waals surface area contributed by atoms with Crippen molar-refractivity contribution in [2.75, 3.05) is 6.61 Å². The molecule has 2 aromatic rings. The quantitative estimate of drug-likeness (QED) is 0.320. The summed E-state index contributed by atoms with van der Waals surface area (Å²) in [4.78, 5) is 0. The Morgan fingerprint density at radius 2 is 1.88 bits per heavy atom. The van der Waals surface area contributed by atoms with Gasteiger partial charge in [-0.2, -0.15) is 0 Å². The fourth-order valence-electron chi connectivity index (χ4n) is 2.31. The normalized spacial score (nSPS) is 12.6. The lowest BCUT2D eigenvalue weighted by Crippen LogP contribution is -2.41. The van der Waals surface area contributed by atoms with E-state index in [0.717, 1.165) is 45.4 Å². The molecule has 6 heteroatoms. The maximum Gasteiger partial charge on any atom is 0.191 e. The molecule has 0 N–H and O–H groups in total. The van der Waals surface area contributed by atoms with Gasteiger partial charge in [0.15, 0.2) is 18.7 Å². The Labute approximate surface area is 168 Å². The first kappa shape index (κ1) is 20.9. The molecule has 1 heterocycles. The summed E-state index contributed by atoms with van der Waals surface area (Å²) in [5.74, 6) is 0.842. The molecule has 0 aliphatic heterocycles. The number of aromatic nitrogens is 1. The summed E-state index contributed by atoms with van der Waals surface area (Å²) < 4.78 is 13.7. The van der Waals surface area contributed by atoms with Crippen LogP contribution in [0.25, 0.3) is 11.3 Å². The van der Waals surface area contributed by atoms with Crippen molar-refractivity contribution in [1.29, 1.82) is 0 Å². The summed E-state index contributed by atoms with van der Waals surface area (Å²) in [7, 11) is -1.69. The van der Waals surface area contributed by atoms with Crippen LogP contribution in [0.1, 0.15) is 38.3 Å². The van der Waals surface area contributed by atoms with Gasteiger partial charge in [-0.1, -0.05) is 41.9 Å². The molecule has 0 spiro atoms. The van der Waals surface area contributed by atoms with E-state index < -0.39 is 8.32 Å². The lowest BCUT2D eigenvalue weighted by Gasteiger charge is -2.36. The molecule has 1 aromatic heterocycles. The largest absolute Gasteiger partial charge is 0.417 e. The zero-order valence-electron chi connectivity index (χ0n) is 15.9. The van der Waals surface area contributed by atoms with Crippen molar-refractivity contribution in [2.45, 2.75) is 58.7 Å². The van der Waals surface area contributed by atoms with Gasteiger partial charge in [0.05, 0.1) is 0 Å². The second-order valence-corrected chi connectivity index (χ2v) is 14.4. The van der Waals surface area contributed by atoms with Crippen LogP contribution in [0.4, 0.5) is 0 Å². The summed E-state index contributed by atoms with van der Waals surface area (Å²) in [6.45, 7) is 14.2. The fraction of sp³-hybridized carbons (Fsp3) is 0.526. The second kappa shape index (κ2) is 8.07. The Balaban J connectivity index is 2.06. The summed E-state index contributed by atoms with van der Waals surface area (Å²) in [6, 6.07) is 6.22. The molecular weight excluding hydrogens is 462 g/mol. The minimum absolute atomic E-state index is 0.241. The molecule has 0 bridgehead atoms. The van der Waals surface area contributed by atoms with E-state index >= 15 is 0 Å². The molecule has 0 radical (unpaired) electrons. The fourth-order valence-corrected chi connectivity index (χ4v) is 4.10. The van der Waals surface area contributed by atoms with Crippen LogP contribution in [-0.2, 0) is 10.8 Å². The number of halogens is 2. The van der Waals surface area contributed by atoms with Crippen molar-refractivity contribution < 1.29 is 8.95 Å². The lowest BCUT2D eigenvalue weighted by atomic mass is 10.0. The van der Waals surface area contributed by atoms with Crippen molar-refractivity contribution in [3.8, 4) is 11.3 Å². The third kappa shape index (κ3) is 5.06. The highest BCUT2D eigenvalue weighted by Crippen LogP contribution is 2.37. The average Bonchev–Trinajstić information content (AvgIpc) is 2.86. The highest BCUT2D eigenvalue weighted by atomic mass is 79.9. The average molecular weight is 489 g/mol. The van der Waals surface area contributed by atoms with E-state index in [1.165, 1.54) is 5.56 Å². The third-order valence-electron chi connectivity index (χ3n) is 5.00. The monoisotopic (exact) mass is 487 g/mol. The Hall–Kier alpha value is -0.433. The predicted octanol–water partition coefficient (Wildman–Crippen LogP) is 7.13. The number of nitrogens with zero attached hydrogens (tertiary/aromatic N) is 1. The van der Waals surface area contributed by atoms with E-state index in [-0.39, 0.29) is 5.04 Å². The van der Waals surface area contributed by atoms with Gasteiger partial charge in [0.25, 0.3) is 0 Å². The molecule has 0 saturated heterocycles. The van der Waals surface area contributed by atoms with Crippen LogP contribution in [0.15, 0.2) is 31.8 Å². The lowest BCUT2D eigenvalue weighted by molar-refractivity contribution is 0.282. The van der Waals surface area contributed by atoms with Crippen molar-refractivity contribution in [2.24, 2.45) is 0 Å². The van der Waals surface area contributed by atoms with Crippen LogP contribution in [0, 0.1) is 6.92 Å². The number of rotatable bonds is 6. The van der Waals surface area contributed by atoms with Crippen molar-refractivity contribution in [1.82, 2.24) is 5.16 Å². The molecule has 138 valence electrons. The molecule has 2 rings (SSSR count). The Morgan fingerprint density at radius 1 is 1.20 bits per heavy atom. The predicted molar refractivity (Wildman–Crippen MR) is 114 cm³/mol. The van der Waals surface area contributed by atoms with Gasteiger partial charge in [0.2, 0.25) is 0 Å². The summed E-state index contributed by atoms with van der Waals surface area (Å²) in [5.41, 5.74) is 3.34. The van der Waals surface area contributed by atoms with E-state index in [1.807, 2.05) is 6.07 Å². The first-order valence-electron chi connectivity index (χ1n) is 8.57. The number of hydrogen-bond donors (Lipinski definition) is 0. The molecule has 0 unspecified atom stereocenters. The van der Waals surface area contributed by atoms with Gasteiger partial charge in [-0.3, -0.25) is 0 Å². The first-order valence-corrected chi connectivity index (χ1v) is 13.1. The van der Waals surface area contributed by atoms with E-state index in [4.69, 9.17) is 8.95 Å². The molecule has 0 saturated carbocycles. The van der Waals surface area contributed by atoms with Crippen LogP contribution in [0.3, 0.4) is 0 Å². The standard InChI is InChI=1S/C19H27Br2NO2Si/c1-13-12-14(9-10-16(13)20)17-15(18(21)22-24-17)8-7-11-23-25(5,6)19(2,3)4/h9-10,12H,7-8,11H2,1-6H3. The van der Waals surface area contributed by atoms with Crippen LogP contribution in [0.2, 0.25) is 18.1 Å². The van der Waals surface area contributed by atoms with Crippen LogP contribution < -0.4 is 0 Å². The van der Waals surface area contributed by atoms with Crippen LogP contribution >= 0.6 is 31.9 Å². The second-order valence-electron chi connectivity index (χ2n) is 7.96. The third-order valence-corrected chi connectivity index (χ3v) is 11.1. The van der Waals surface area contributed by atoms with Crippen LogP contribution in [-0.4, -0.2) is 20.1 Å². The highest BCUT2D eigenvalue weighted by molar-refractivity contribution is 9.10. The minimum Gasteiger partial charge on any atom is -0.417 e. The maximum atomic E-state index is 6.28. The Kier molecular flexibility index (Phi) is 6.74. The van der Waals surface area contributed by atoms with Gasteiger partial charge < -0.3 is 8.95 Å². The van der Waals surface area contributed by atoms with Crippen molar-refractivity contribution in [3.05, 3.63) is 38.4 Å². The first-order chi connectivity index (χ1) is 11.5. The molecule has 25 heavy (non-hydrogen) atoms. The molecular formula is C19H27Br2NO2Si. The van der Waals surface area contributed by atoms with Gasteiger partial charge in [-0.05, 0) is 77.6 Å². The van der Waals surface area contributed by atoms with Crippen molar-refractivity contribution >= 4 is 40.2 Å². The topological polar surface area (TPSA) is 35.3 Å². The minimum atomic E-state index is -1.69. The van der Waals surface area contributed by atoms with E-state index in [0.29, 0.717) is 0 Å². The summed E-state index contributed by atoms with van der Waals surface area (Å²) in [6.07, 6.45) is 1.83. The number of aryl methyl sites for hydroxylation is 1. The van der Waals surface area contributed by atoms with Crippen LogP contribution in [0.5, 0.6) is 0 Å². The molecule has 0 atom stereocenters. The molecule has 0 aliphatic carbocycles. The summed E-state index contributed by atoms with van der Waals surface area (Å²) in [5, 5.41) is 4.35. The molecule has 1 aromatic carbocycles. The van der Waals surface area contributed by atoms with Gasteiger partial charge in [0.1, 0.15) is 0 Å². The molecule has 0 aliphatic rings. The van der Waals surface area contributed by atoms with E-state index in [1.54, 1.807) is 0 Å². The van der Waals surface area contributed by atoms with Gasteiger partial charge in [-0.15, -0.1) is 0 Å². The van der Waals surface area contributed by atoms with Gasteiger partial charge in [0, 0.05) is 22.2 Å². The molecule has 0 fully saturated rings. The SMILES string of the molecule is Cc1cc(-c2onc(Br)c2CCCO[Si](C)(C)C(C)(C)C)ccc1Br. The summed E-state index contributed by atoms with van der Waals surface area (Å²) >= 11 is 7.07. The maximum absolute atomic E-state index is 6.28. The van der Waals surface area contributed by atoms with E-state index in [9.17, 15) is 0 Å². The van der Waals surface area contributed by atoms with E-state index in [2.05, 4.69) is 89.9 Å². The van der Waals surface area contributed by atoms with Gasteiger partial charge >= 0.3 is 0 Å². The smallest absolute Gasteiger partial charge is 0.191 e. The van der Waals surface area contributed by atoms with Crippen molar-refractivity contribution in [3.63, 3.8) is 0 Å². The molecule has 0 amide bonds. The van der Waals surface area contributed by atoms with Gasteiger partial charge in [-0.25, -0.2) is 0 Å². The zero-order valence-corrected chi connectivity index (χ0v) is 20.0. The zero-order chi connectivity index (χ0) is 18.8. The number of hydrogen-bond acceptors (Lipinski definition) is 3. The Bertz CT molecular complexity index is 736. The molecule has 3 nitrogen and oxygen atoms in total. The Morgan fingerprint density at radius 3 is 2.48 bits per heavy atom. The number of benzene rings is 1. The highest BCUT2D eigenvalue weighted by Gasteiger charge is 2.36.